The zero-order valence-electron chi connectivity index (χ0n) is 13.5. The number of ether oxygens (including phenoxy) is 1. The molecule has 116 valence electrons. The lowest BCUT2D eigenvalue weighted by atomic mass is 10.0. The molecule has 0 aliphatic heterocycles. The minimum atomic E-state index is -0.272. The molecule has 0 aromatic heterocycles. The van der Waals surface area contributed by atoms with E-state index in [-0.39, 0.29) is 5.97 Å². The van der Waals surface area contributed by atoms with Gasteiger partial charge in [-0.2, -0.15) is 0 Å². The summed E-state index contributed by atoms with van der Waals surface area (Å²) in [4.78, 5) is 14.0. The SMILES string of the molecule is CCOC(=O)c1ccc(-c2ccc(N(CC)CC)cc2)cc1. The van der Waals surface area contributed by atoms with Gasteiger partial charge in [0.05, 0.1) is 12.2 Å². The zero-order chi connectivity index (χ0) is 15.9. The molecule has 0 unspecified atom stereocenters. The van der Waals surface area contributed by atoms with Gasteiger partial charge in [0.25, 0.3) is 0 Å². The van der Waals surface area contributed by atoms with Crippen LogP contribution in [0.3, 0.4) is 0 Å². The van der Waals surface area contributed by atoms with E-state index in [4.69, 9.17) is 4.74 Å². The molecule has 3 nitrogen and oxygen atoms in total. The molecule has 0 bridgehead atoms. The summed E-state index contributed by atoms with van der Waals surface area (Å²) >= 11 is 0. The molecule has 2 rings (SSSR count). The van der Waals surface area contributed by atoms with E-state index in [2.05, 4.69) is 43.0 Å². The summed E-state index contributed by atoms with van der Waals surface area (Å²) in [5.41, 5.74) is 4.06. The van der Waals surface area contributed by atoms with Gasteiger partial charge in [0, 0.05) is 18.8 Å². The Balaban J connectivity index is 2.16. The van der Waals surface area contributed by atoms with E-state index < -0.39 is 0 Å². The second kappa shape index (κ2) is 7.64. The lowest BCUT2D eigenvalue weighted by Crippen LogP contribution is -2.21. The van der Waals surface area contributed by atoms with Gasteiger partial charge in [-0.3, -0.25) is 0 Å². The molecular weight excluding hydrogens is 274 g/mol. The maximum absolute atomic E-state index is 11.7. The topological polar surface area (TPSA) is 29.5 Å². The zero-order valence-corrected chi connectivity index (χ0v) is 13.5. The predicted octanol–water partition coefficient (Wildman–Crippen LogP) is 4.38. The Labute approximate surface area is 132 Å². The Kier molecular flexibility index (Phi) is 5.59. The molecule has 0 N–H and O–H groups in total. The average Bonchev–Trinajstić information content (AvgIpc) is 2.57. The van der Waals surface area contributed by atoms with E-state index in [9.17, 15) is 4.79 Å². The van der Waals surface area contributed by atoms with Crippen molar-refractivity contribution in [2.24, 2.45) is 0 Å². The van der Waals surface area contributed by atoms with Crippen molar-refractivity contribution in [1.82, 2.24) is 0 Å². The fourth-order valence-electron chi connectivity index (χ4n) is 2.47. The van der Waals surface area contributed by atoms with E-state index in [0.29, 0.717) is 12.2 Å². The third kappa shape index (κ3) is 3.67. The predicted molar refractivity (Wildman–Crippen MR) is 91.4 cm³/mol. The number of hydrogen-bond donors (Lipinski definition) is 0. The van der Waals surface area contributed by atoms with Crippen LogP contribution in [0.5, 0.6) is 0 Å². The third-order valence-electron chi connectivity index (χ3n) is 3.73. The molecule has 22 heavy (non-hydrogen) atoms. The van der Waals surface area contributed by atoms with Gasteiger partial charge in [-0.1, -0.05) is 24.3 Å². The van der Waals surface area contributed by atoms with Crippen LogP contribution in [0.2, 0.25) is 0 Å². The molecule has 2 aromatic carbocycles. The first-order valence-corrected chi connectivity index (χ1v) is 7.82. The van der Waals surface area contributed by atoms with Crippen molar-refractivity contribution in [3.05, 3.63) is 54.1 Å². The summed E-state index contributed by atoms with van der Waals surface area (Å²) in [6.45, 7) is 8.53. The monoisotopic (exact) mass is 297 g/mol. The molecule has 0 heterocycles. The molecule has 0 fully saturated rings. The van der Waals surface area contributed by atoms with Gasteiger partial charge in [-0.15, -0.1) is 0 Å². The summed E-state index contributed by atoms with van der Waals surface area (Å²) < 4.78 is 5.00. The molecule has 0 aliphatic rings. The first-order valence-electron chi connectivity index (χ1n) is 7.82. The van der Waals surface area contributed by atoms with E-state index in [1.807, 2.05) is 31.2 Å². The fraction of sp³-hybridized carbons (Fsp3) is 0.316. The molecule has 0 spiro atoms. The Hall–Kier alpha value is -2.29. The van der Waals surface area contributed by atoms with Gasteiger partial charge in [0.15, 0.2) is 0 Å². The number of nitrogens with zero attached hydrogens (tertiary/aromatic N) is 1. The molecule has 0 aliphatic carbocycles. The Morgan fingerprint density at radius 1 is 0.864 bits per heavy atom. The minimum absolute atomic E-state index is 0.272. The first kappa shape index (κ1) is 16.1. The van der Waals surface area contributed by atoms with Crippen molar-refractivity contribution in [3.8, 4) is 11.1 Å². The summed E-state index contributed by atoms with van der Waals surface area (Å²) in [5.74, 6) is -0.272. The van der Waals surface area contributed by atoms with Crippen LogP contribution >= 0.6 is 0 Å². The summed E-state index contributed by atoms with van der Waals surface area (Å²) in [6.07, 6.45) is 0. The smallest absolute Gasteiger partial charge is 0.338 e. The molecular formula is C19H23NO2. The van der Waals surface area contributed by atoms with Crippen molar-refractivity contribution in [2.75, 3.05) is 24.6 Å². The van der Waals surface area contributed by atoms with E-state index in [1.165, 1.54) is 5.69 Å². The minimum Gasteiger partial charge on any atom is -0.462 e. The molecule has 0 saturated carbocycles. The van der Waals surface area contributed by atoms with Gasteiger partial charge in [-0.05, 0) is 56.2 Å². The van der Waals surface area contributed by atoms with E-state index in [0.717, 1.165) is 24.2 Å². The molecule has 0 amide bonds. The molecule has 2 aromatic rings. The number of benzene rings is 2. The van der Waals surface area contributed by atoms with Crippen LogP contribution in [-0.4, -0.2) is 25.7 Å². The van der Waals surface area contributed by atoms with Crippen LogP contribution in [0.1, 0.15) is 31.1 Å². The first-order chi connectivity index (χ1) is 10.7. The van der Waals surface area contributed by atoms with E-state index >= 15 is 0 Å². The van der Waals surface area contributed by atoms with Crippen molar-refractivity contribution in [3.63, 3.8) is 0 Å². The second-order valence-electron chi connectivity index (χ2n) is 5.02. The molecule has 3 heteroatoms. The number of esters is 1. The van der Waals surface area contributed by atoms with Crippen molar-refractivity contribution in [2.45, 2.75) is 20.8 Å². The Morgan fingerprint density at radius 3 is 1.82 bits per heavy atom. The van der Waals surface area contributed by atoms with Crippen LogP contribution in [0.15, 0.2) is 48.5 Å². The molecule has 0 atom stereocenters. The highest BCUT2D eigenvalue weighted by atomic mass is 16.5. The quantitative estimate of drug-likeness (QED) is 0.741. The van der Waals surface area contributed by atoms with Crippen LogP contribution in [-0.2, 0) is 4.74 Å². The lowest BCUT2D eigenvalue weighted by molar-refractivity contribution is 0.0526. The number of carbonyl (C=O) groups excluding carboxylic acids is 1. The van der Waals surface area contributed by atoms with Crippen molar-refractivity contribution in [1.29, 1.82) is 0 Å². The average molecular weight is 297 g/mol. The number of carbonyl (C=O) groups is 1. The fourth-order valence-corrected chi connectivity index (χ4v) is 2.47. The van der Waals surface area contributed by atoms with E-state index in [1.54, 1.807) is 0 Å². The largest absolute Gasteiger partial charge is 0.462 e. The maximum atomic E-state index is 11.7. The van der Waals surface area contributed by atoms with Gasteiger partial charge >= 0.3 is 5.97 Å². The molecule has 0 saturated heterocycles. The highest BCUT2D eigenvalue weighted by Gasteiger charge is 2.07. The van der Waals surface area contributed by atoms with Crippen LogP contribution < -0.4 is 4.90 Å². The van der Waals surface area contributed by atoms with Crippen molar-refractivity contribution < 1.29 is 9.53 Å². The number of hydrogen-bond acceptors (Lipinski definition) is 3. The van der Waals surface area contributed by atoms with Crippen LogP contribution in [0.4, 0.5) is 5.69 Å². The Morgan fingerprint density at radius 2 is 1.36 bits per heavy atom. The van der Waals surface area contributed by atoms with Crippen LogP contribution in [0, 0.1) is 0 Å². The standard InChI is InChI=1S/C19H23NO2/c1-4-20(5-2)18-13-11-16(12-14-18)15-7-9-17(10-8-15)19(21)22-6-3/h7-14H,4-6H2,1-3H3. The van der Waals surface area contributed by atoms with Gasteiger partial charge in [0.2, 0.25) is 0 Å². The highest BCUT2D eigenvalue weighted by molar-refractivity contribution is 5.90. The number of rotatable bonds is 6. The van der Waals surface area contributed by atoms with Gasteiger partial charge in [-0.25, -0.2) is 4.79 Å². The van der Waals surface area contributed by atoms with Crippen LogP contribution in [0.25, 0.3) is 11.1 Å². The third-order valence-corrected chi connectivity index (χ3v) is 3.73. The second-order valence-corrected chi connectivity index (χ2v) is 5.02. The van der Waals surface area contributed by atoms with Gasteiger partial charge in [0.1, 0.15) is 0 Å². The summed E-state index contributed by atoms with van der Waals surface area (Å²) in [7, 11) is 0. The lowest BCUT2D eigenvalue weighted by Gasteiger charge is -2.21. The highest BCUT2D eigenvalue weighted by Crippen LogP contribution is 2.23. The maximum Gasteiger partial charge on any atom is 0.338 e. The normalized spacial score (nSPS) is 10.3. The molecule has 0 radical (unpaired) electrons. The number of anilines is 1. The Bertz CT molecular complexity index is 598. The van der Waals surface area contributed by atoms with Gasteiger partial charge < -0.3 is 9.64 Å². The van der Waals surface area contributed by atoms with Crippen molar-refractivity contribution >= 4 is 11.7 Å². The summed E-state index contributed by atoms with van der Waals surface area (Å²) in [6, 6.07) is 16.1. The summed E-state index contributed by atoms with van der Waals surface area (Å²) in [5, 5.41) is 0.